The minimum Gasteiger partial charge on any atom is -0.378 e. The third-order valence-electron chi connectivity index (χ3n) is 4.57. The van der Waals surface area contributed by atoms with Crippen molar-refractivity contribution in [2.24, 2.45) is 0 Å². The maximum absolute atomic E-state index is 5.89. The van der Waals surface area contributed by atoms with Crippen molar-refractivity contribution in [3.05, 3.63) is 54.5 Å². The van der Waals surface area contributed by atoms with Gasteiger partial charge in [0.25, 0.3) is 0 Å². The van der Waals surface area contributed by atoms with Crippen LogP contribution in [-0.2, 0) is 4.74 Å². The second-order valence-corrected chi connectivity index (χ2v) is 5.87. The summed E-state index contributed by atoms with van der Waals surface area (Å²) < 4.78 is 5.89. The van der Waals surface area contributed by atoms with Crippen molar-refractivity contribution in [2.75, 3.05) is 37.7 Å². The number of piperazine rings is 1. The molecule has 0 unspecified atom stereocenters. The zero-order valence-electron chi connectivity index (χ0n) is 12.5. The number of anilines is 1. The molecule has 4 rings (SSSR count). The monoisotopic (exact) mass is 296 g/mol. The van der Waals surface area contributed by atoms with Crippen molar-refractivity contribution < 1.29 is 4.74 Å². The van der Waals surface area contributed by atoms with Crippen molar-refractivity contribution in [3.8, 4) is 0 Å². The minimum atomic E-state index is 0.365. The van der Waals surface area contributed by atoms with Gasteiger partial charge in [0.1, 0.15) is 5.82 Å². The van der Waals surface area contributed by atoms with Crippen LogP contribution in [0.3, 0.4) is 0 Å². The van der Waals surface area contributed by atoms with Crippen LogP contribution in [0.15, 0.2) is 48.9 Å². The lowest BCUT2D eigenvalue weighted by molar-refractivity contribution is -0.0548. The Bertz CT molecular complexity index is 607. The number of rotatable bonds is 2. The van der Waals surface area contributed by atoms with E-state index in [0.717, 1.165) is 38.7 Å². The summed E-state index contributed by atoms with van der Waals surface area (Å²) in [6, 6.07) is 11.5. The van der Waals surface area contributed by atoms with Crippen LogP contribution in [0.2, 0.25) is 0 Å². The summed E-state index contributed by atoms with van der Waals surface area (Å²) in [7, 11) is 0. The standard InChI is InChI=1S/C17H20N4O/c1-2-4-14(5-3-1)16-13-22-12-15-11-20(8-9-21(15)16)17-10-18-6-7-19-17/h1-7,10,15-16H,8-9,11-13H2/t15-,16-/m1/s1. The van der Waals surface area contributed by atoms with E-state index in [1.54, 1.807) is 12.4 Å². The van der Waals surface area contributed by atoms with Gasteiger partial charge in [0.2, 0.25) is 0 Å². The smallest absolute Gasteiger partial charge is 0.147 e. The zero-order valence-corrected chi connectivity index (χ0v) is 12.5. The lowest BCUT2D eigenvalue weighted by Crippen LogP contribution is -2.59. The Hall–Kier alpha value is -1.98. The number of hydrogen-bond acceptors (Lipinski definition) is 5. The number of morpholine rings is 1. The molecule has 0 amide bonds. The molecule has 2 saturated heterocycles. The summed E-state index contributed by atoms with van der Waals surface area (Å²) in [6.07, 6.45) is 5.31. The average molecular weight is 296 g/mol. The molecule has 0 bridgehead atoms. The highest BCUT2D eigenvalue weighted by Gasteiger charge is 2.36. The molecule has 2 aliphatic rings. The lowest BCUT2D eigenvalue weighted by Gasteiger charge is -2.48. The highest BCUT2D eigenvalue weighted by molar-refractivity contribution is 5.36. The summed E-state index contributed by atoms with van der Waals surface area (Å²) in [4.78, 5) is 13.5. The highest BCUT2D eigenvalue weighted by Crippen LogP contribution is 2.30. The molecule has 3 heterocycles. The van der Waals surface area contributed by atoms with Crippen LogP contribution in [0.4, 0.5) is 5.82 Å². The lowest BCUT2D eigenvalue weighted by atomic mass is 10.0. The molecular formula is C17H20N4O. The van der Waals surface area contributed by atoms with E-state index in [1.807, 2.05) is 6.20 Å². The molecule has 2 aromatic rings. The van der Waals surface area contributed by atoms with Crippen molar-refractivity contribution in [1.29, 1.82) is 0 Å². The second-order valence-electron chi connectivity index (χ2n) is 5.87. The molecule has 2 fully saturated rings. The second kappa shape index (κ2) is 6.02. The van der Waals surface area contributed by atoms with Crippen molar-refractivity contribution in [2.45, 2.75) is 12.1 Å². The van der Waals surface area contributed by atoms with Gasteiger partial charge < -0.3 is 9.64 Å². The maximum atomic E-state index is 5.89. The summed E-state index contributed by atoms with van der Waals surface area (Å²) in [5, 5.41) is 0. The molecule has 0 radical (unpaired) electrons. The van der Waals surface area contributed by atoms with E-state index in [2.05, 4.69) is 50.1 Å². The fourth-order valence-electron chi connectivity index (χ4n) is 3.47. The SMILES string of the molecule is c1ccc([C@H]2COC[C@H]3CN(c4cnccn4)CCN32)cc1. The normalized spacial score (nSPS) is 25.7. The van der Waals surface area contributed by atoms with Gasteiger partial charge in [-0.25, -0.2) is 4.98 Å². The summed E-state index contributed by atoms with van der Waals surface area (Å²) in [6.45, 7) is 4.54. The fourth-order valence-corrected chi connectivity index (χ4v) is 3.47. The first-order valence-corrected chi connectivity index (χ1v) is 7.81. The van der Waals surface area contributed by atoms with E-state index in [1.165, 1.54) is 5.56 Å². The molecule has 0 spiro atoms. The van der Waals surface area contributed by atoms with Crippen LogP contribution in [0.1, 0.15) is 11.6 Å². The van der Waals surface area contributed by atoms with E-state index in [-0.39, 0.29) is 0 Å². The number of benzene rings is 1. The first-order chi connectivity index (χ1) is 10.9. The highest BCUT2D eigenvalue weighted by atomic mass is 16.5. The van der Waals surface area contributed by atoms with Gasteiger partial charge in [0.05, 0.1) is 31.5 Å². The van der Waals surface area contributed by atoms with Gasteiger partial charge in [-0.2, -0.15) is 0 Å². The zero-order chi connectivity index (χ0) is 14.8. The molecule has 5 nitrogen and oxygen atoms in total. The van der Waals surface area contributed by atoms with Crippen LogP contribution in [-0.4, -0.2) is 53.8 Å². The summed E-state index contributed by atoms with van der Waals surface area (Å²) >= 11 is 0. The number of hydrogen-bond donors (Lipinski definition) is 0. The van der Waals surface area contributed by atoms with Crippen LogP contribution in [0.25, 0.3) is 0 Å². The Morgan fingerprint density at radius 3 is 2.77 bits per heavy atom. The number of aromatic nitrogens is 2. The van der Waals surface area contributed by atoms with Gasteiger partial charge in [0.15, 0.2) is 0 Å². The Kier molecular flexibility index (Phi) is 3.74. The fraction of sp³-hybridized carbons (Fsp3) is 0.412. The van der Waals surface area contributed by atoms with Crippen molar-refractivity contribution in [3.63, 3.8) is 0 Å². The van der Waals surface area contributed by atoms with Gasteiger partial charge in [-0.15, -0.1) is 0 Å². The van der Waals surface area contributed by atoms with Crippen LogP contribution >= 0.6 is 0 Å². The maximum Gasteiger partial charge on any atom is 0.147 e. The van der Waals surface area contributed by atoms with Crippen LogP contribution in [0.5, 0.6) is 0 Å². The van der Waals surface area contributed by atoms with E-state index in [0.29, 0.717) is 12.1 Å². The summed E-state index contributed by atoms with van der Waals surface area (Å²) in [5.41, 5.74) is 1.35. The van der Waals surface area contributed by atoms with Gasteiger partial charge in [0, 0.05) is 32.0 Å². The van der Waals surface area contributed by atoms with E-state index >= 15 is 0 Å². The van der Waals surface area contributed by atoms with E-state index in [4.69, 9.17) is 4.74 Å². The first kappa shape index (κ1) is 13.7. The molecule has 1 aromatic heterocycles. The predicted molar refractivity (Wildman–Crippen MR) is 84.7 cm³/mol. The number of nitrogens with zero attached hydrogens (tertiary/aromatic N) is 4. The molecule has 0 N–H and O–H groups in total. The van der Waals surface area contributed by atoms with Crippen LogP contribution in [0, 0.1) is 0 Å². The predicted octanol–water partition coefficient (Wildman–Crippen LogP) is 1.74. The first-order valence-electron chi connectivity index (χ1n) is 7.81. The minimum absolute atomic E-state index is 0.365. The molecule has 5 heteroatoms. The Morgan fingerprint density at radius 1 is 1.05 bits per heavy atom. The Labute approximate surface area is 130 Å². The van der Waals surface area contributed by atoms with E-state index in [9.17, 15) is 0 Å². The third-order valence-corrected chi connectivity index (χ3v) is 4.57. The largest absolute Gasteiger partial charge is 0.378 e. The third kappa shape index (κ3) is 2.58. The molecule has 114 valence electrons. The summed E-state index contributed by atoms with van der Waals surface area (Å²) in [5.74, 6) is 0.962. The van der Waals surface area contributed by atoms with Gasteiger partial charge in [-0.05, 0) is 5.56 Å². The topological polar surface area (TPSA) is 41.5 Å². The van der Waals surface area contributed by atoms with Crippen molar-refractivity contribution >= 4 is 5.82 Å². The quantitative estimate of drug-likeness (QED) is 0.844. The molecule has 0 saturated carbocycles. The van der Waals surface area contributed by atoms with Gasteiger partial charge in [-0.1, -0.05) is 30.3 Å². The molecule has 2 atom stereocenters. The average Bonchev–Trinajstić information content (AvgIpc) is 2.62. The van der Waals surface area contributed by atoms with Crippen molar-refractivity contribution in [1.82, 2.24) is 14.9 Å². The number of fused-ring (bicyclic) bond motifs is 1. The molecular weight excluding hydrogens is 276 g/mol. The Balaban J connectivity index is 1.52. The van der Waals surface area contributed by atoms with Gasteiger partial charge in [-0.3, -0.25) is 9.88 Å². The van der Waals surface area contributed by atoms with Gasteiger partial charge >= 0.3 is 0 Å². The molecule has 22 heavy (non-hydrogen) atoms. The van der Waals surface area contributed by atoms with Crippen LogP contribution < -0.4 is 4.90 Å². The van der Waals surface area contributed by atoms with E-state index < -0.39 is 0 Å². The number of ether oxygens (including phenoxy) is 1. The molecule has 0 aliphatic carbocycles. The molecule has 1 aromatic carbocycles. The molecule has 2 aliphatic heterocycles. The Morgan fingerprint density at radius 2 is 1.95 bits per heavy atom.